The smallest absolute Gasteiger partial charge is 0.239 e. The molecule has 112 valence electrons. The van der Waals surface area contributed by atoms with Crippen LogP contribution in [0, 0.1) is 0 Å². The van der Waals surface area contributed by atoms with Crippen molar-refractivity contribution in [3.63, 3.8) is 0 Å². The third kappa shape index (κ3) is 4.00. The number of carbonyl (C=O) groups excluding carboxylic acids is 1. The molecule has 1 aliphatic heterocycles. The molecule has 1 atom stereocenters. The van der Waals surface area contributed by atoms with E-state index in [0.29, 0.717) is 11.6 Å². The number of hydrogen-bond acceptors (Lipinski definition) is 3. The number of thioether (sulfide) groups is 1. The average Bonchev–Trinajstić information content (AvgIpc) is 2.84. The number of amidine groups is 1. The normalized spacial score (nSPS) is 19.5. The molecule has 0 aliphatic carbocycles. The molecule has 3 rings (SSSR count). The summed E-state index contributed by atoms with van der Waals surface area (Å²) in [6.07, 6.45) is 0.698. The lowest BCUT2D eigenvalue weighted by molar-refractivity contribution is -0.118. The van der Waals surface area contributed by atoms with E-state index < -0.39 is 0 Å². The fraction of sp³-hybridized carbons (Fsp3) is 0.125. The van der Waals surface area contributed by atoms with E-state index in [9.17, 15) is 4.79 Å². The van der Waals surface area contributed by atoms with E-state index in [1.807, 2.05) is 48.5 Å². The third-order valence-electron chi connectivity index (χ3n) is 3.17. The highest BCUT2D eigenvalue weighted by Gasteiger charge is 2.30. The van der Waals surface area contributed by atoms with Crippen LogP contribution in [0.5, 0.6) is 0 Å². The first-order valence-corrected chi connectivity index (χ1v) is 9.13. The van der Waals surface area contributed by atoms with Gasteiger partial charge in [0.25, 0.3) is 0 Å². The zero-order valence-electron chi connectivity index (χ0n) is 11.4. The molecule has 1 amide bonds. The molecule has 0 bridgehead atoms. The SMILES string of the molecule is O=C1NC(=Nc2ccc(Br)cc2)S[C@@H]1Cc1ccc(Br)cc1. The highest BCUT2D eigenvalue weighted by atomic mass is 79.9. The second-order valence-corrected chi connectivity index (χ2v) is 7.84. The summed E-state index contributed by atoms with van der Waals surface area (Å²) in [4.78, 5) is 16.5. The second-order valence-electron chi connectivity index (χ2n) is 4.82. The Morgan fingerprint density at radius 1 is 1.00 bits per heavy atom. The number of benzene rings is 2. The van der Waals surface area contributed by atoms with Gasteiger partial charge in [0.15, 0.2) is 5.17 Å². The minimum absolute atomic E-state index is 0.0174. The van der Waals surface area contributed by atoms with Crippen LogP contribution in [0.3, 0.4) is 0 Å². The summed E-state index contributed by atoms with van der Waals surface area (Å²) in [5.41, 5.74) is 1.97. The first kappa shape index (κ1) is 15.8. The van der Waals surface area contributed by atoms with Crippen molar-refractivity contribution in [2.24, 2.45) is 4.99 Å². The Labute approximate surface area is 149 Å². The van der Waals surface area contributed by atoms with Crippen LogP contribution in [0.4, 0.5) is 5.69 Å². The Morgan fingerprint density at radius 2 is 1.59 bits per heavy atom. The number of nitrogens with zero attached hydrogens (tertiary/aromatic N) is 1. The van der Waals surface area contributed by atoms with E-state index in [0.717, 1.165) is 20.2 Å². The van der Waals surface area contributed by atoms with E-state index in [2.05, 4.69) is 42.2 Å². The molecule has 1 aliphatic rings. The van der Waals surface area contributed by atoms with Gasteiger partial charge in [0.05, 0.1) is 10.9 Å². The molecule has 1 N–H and O–H groups in total. The Bertz CT molecular complexity index is 714. The predicted octanol–water partition coefficient (Wildman–Crippen LogP) is 4.67. The molecule has 22 heavy (non-hydrogen) atoms. The van der Waals surface area contributed by atoms with Gasteiger partial charge in [-0.05, 0) is 48.4 Å². The fourth-order valence-electron chi connectivity index (χ4n) is 2.06. The van der Waals surface area contributed by atoms with Crippen molar-refractivity contribution in [1.82, 2.24) is 5.32 Å². The van der Waals surface area contributed by atoms with Gasteiger partial charge < -0.3 is 5.32 Å². The number of rotatable bonds is 3. The fourth-order valence-corrected chi connectivity index (χ4v) is 3.62. The molecule has 2 aromatic rings. The highest BCUT2D eigenvalue weighted by Crippen LogP contribution is 2.26. The van der Waals surface area contributed by atoms with Gasteiger partial charge in [-0.1, -0.05) is 55.8 Å². The lowest BCUT2D eigenvalue weighted by Crippen LogP contribution is -2.25. The lowest BCUT2D eigenvalue weighted by Gasteiger charge is -2.05. The van der Waals surface area contributed by atoms with E-state index >= 15 is 0 Å². The highest BCUT2D eigenvalue weighted by molar-refractivity contribution is 9.10. The average molecular weight is 440 g/mol. The summed E-state index contributed by atoms with van der Waals surface area (Å²) < 4.78 is 2.05. The maximum absolute atomic E-state index is 12.1. The molecule has 0 aromatic heterocycles. The Kier molecular flexibility index (Phi) is 5.00. The van der Waals surface area contributed by atoms with Crippen molar-refractivity contribution in [3.8, 4) is 0 Å². The predicted molar refractivity (Wildman–Crippen MR) is 98.6 cm³/mol. The van der Waals surface area contributed by atoms with Crippen LogP contribution in [0.2, 0.25) is 0 Å². The topological polar surface area (TPSA) is 41.5 Å². The molecule has 0 spiro atoms. The van der Waals surface area contributed by atoms with Crippen molar-refractivity contribution in [2.45, 2.75) is 11.7 Å². The van der Waals surface area contributed by atoms with Crippen LogP contribution >= 0.6 is 43.6 Å². The minimum atomic E-state index is -0.129. The maximum atomic E-state index is 12.1. The Balaban J connectivity index is 1.70. The molecule has 3 nitrogen and oxygen atoms in total. The standard InChI is InChI=1S/C16H12Br2N2OS/c17-11-3-1-10(2-4-11)9-14-15(21)20-16(22-14)19-13-7-5-12(18)6-8-13/h1-8,14H,9H2,(H,19,20,21)/t14-/m1/s1. The Hall–Kier alpha value is -1.11. The number of amides is 1. The van der Waals surface area contributed by atoms with Crippen molar-refractivity contribution >= 4 is 60.4 Å². The van der Waals surface area contributed by atoms with Crippen LogP contribution in [-0.2, 0) is 11.2 Å². The lowest BCUT2D eigenvalue weighted by atomic mass is 10.1. The summed E-state index contributed by atoms with van der Waals surface area (Å²) in [6.45, 7) is 0. The van der Waals surface area contributed by atoms with E-state index in [-0.39, 0.29) is 11.2 Å². The third-order valence-corrected chi connectivity index (χ3v) is 5.31. The van der Waals surface area contributed by atoms with Crippen LogP contribution in [0.25, 0.3) is 0 Å². The molecule has 1 fully saturated rings. The molecule has 0 saturated carbocycles. The first-order chi connectivity index (χ1) is 10.6. The summed E-state index contributed by atoms with van der Waals surface area (Å²) >= 11 is 8.29. The largest absolute Gasteiger partial charge is 0.304 e. The van der Waals surface area contributed by atoms with Gasteiger partial charge in [0.2, 0.25) is 5.91 Å². The van der Waals surface area contributed by atoms with Crippen molar-refractivity contribution in [3.05, 3.63) is 63.0 Å². The number of nitrogens with one attached hydrogen (secondary N) is 1. The quantitative estimate of drug-likeness (QED) is 0.754. The molecular formula is C16H12Br2N2OS. The zero-order chi connectivity index (χ0) is 15.5. The van der Waals surface area contributed by atoms with Gasteiger partial charge in [-0.15, -0.1) is 0 Å². The van der Waals surface area contributed by atoms with Crippen molar-refractivity contribution < 1.29 is 4.79 Å². The van der Waals surface area contributed by atoms with Gasteiger partial charge in [0, 0.05) is 8.95 Å². The van der Waals surface area contributed by atoms with Gasteiger partial charge in [-0.3, -0.25) is 4.79 Å². The van der Waals surface area contributed by atoms with E-state index in [1.165, 1.54) is 11.8 Å². The molecule has 1 saturated heterocycles. The van der Waals surface area contributed by atoms with Crippen LogP contribution in [0.15, 0.2) is 62.5 Å². The zero-order valence-corrected chi connectivity index (χ0v) is 15.4. The van der Waals surface area contributed by atoms with Crippen LogP contribution < -0.4 is 5.32 Å². The monoisotopic (exact) mass is 438 g/mol. The summed E-state index contributed by atoms with van der Waals surface area (Å²) in [5.74, 6) is 0.0174. The molecule has 2 aromatic carbocycles. The van der Waals surface area contributed by atoms with Crippen LogP contribution in [-0.4, -0.2) is 16.3 Å². The molecule has 1 heterocycles. The van der Waals surface area contributed by atoms with Gasteiger partial charge in [0.1, 0.15) is 0 Å². The Morgan fingerprint density at radius 3 is 2.23 bits per heavy atom. The van der Waals surface area contributed by atoms with Crippen LogP contribution in [0.1, 0.15) is 5.56 Å². The number of halogens is 2. The number of aliphatic imine (C=N–C) groups is 1. The van der Waals surface area contributed by atoms with E-state index in [1.54, 1.807) is 0 Å². The summed E-state index contributed by atoms with van der Waals surface area (Å²) in [5, 5.41) is 3.38. The molecule has 6 heteroatoms. The minimum Gasteiger partial charge on any atom is -0.304 e. The summed E-state index contributed by atoms with van der Waals surface area (Å²) in [6, 6.07) is 15.7. The molecule has 0 unspecified atom stereocenters. The first-order valence-electron chi connectivity index (χ1n) is 6.66. The van der Waals surface area contributed by atoms with Crippen molar-refractivity contribution in [1.29, 1.82) is 0 Å². The summed E-state index contributed by atoms with van der Waals surface area (Å²) in [7, 11) is 0. The van der Waals surface area contributed by atoms with Gasteiger partial charge >= 0.3 is 0 Å². The van der Waals surface area contributed by atoms with E-state index in [4.69, 9.17) is 0 Å². The van der Waals surface area contributed by atoms with Gasteiger partial charge in [-0.25, -0.2) is 4.99 Å². The second kappa shape index (κ2) is 6.98. The maximum Gasteiger partial charge on any atom is 0.239 e. The van der Waals surface area contributed by atoms with Gasteiger partial charge in [-0.2, -0.15) is 0 Å². The number of hydrogen-bond donors (Lipinski definition) is 1. The number of carbonyl (C=O) groups is 1. The molecule has 0 radical (unpaired) electrons. The molecular weight excluding hydrogens is 428 g/mol. The van der Waals surface area contributed by atoms with Crippen molar-refractivity contribution in [2.75, 3.05) is 0 Å².